The van der Waals surface area contributed by atoms with E-state index in [1.165, 1.54) is 11.1 Å². The highest BCUT2D eigenvalue weighted by molar-refractivity contribution is 5.49. The molecule has 0 spiro atoms. The molecule has 0 atom stereocenters. The van der Waals surface area contributed by atoms with Gasteiger partial charge in [0.25, 0.3) is 0 Å². The van der Waals surface area contributed by atoms with E-state index in [2.05, 4.69) is 52.1 Å². The molecule has 0 aliphatic heterocycles. The van der Waals surface area contributed by atoms with E-state index in [0.717, 1.165) is 31.0 Å². The molecule has 1 rings (SSSR count). The van der Waals surface area contributed by atoms with Gasteiger partial charge in [0.1, 0.15) is 0 Å². The number of aryl methyl sites for hydroxylation is 1. The first-order valence-electron chi connectivity index (χ1n) is 7.75. The first-order valence-corrected chi connectivity index (χ1v) is 7.75. The van der Waals surface area contributed by atoms with Crippen molar-refractivity contribution in [3.63, 3.8) is 0 Å². The van der Waals surface area contributed by atoms with Crippen molar-refractivity contribution in [1.29, 1.82) is 0 Å². The molecule has 0 bridgehead atoms. The Morgan fingerprint density at radius 1 is 1.10 bits per heavy atom. The van der Waals surface area contributed by atoms with Gasteiger partial charge in [0.2, 0.25) is 0 Å². The number of methoxy groups -OCH3 is 2. The maximum absolute atomic E-state index is 5.44. The molecule has 0 aliphatic carbocycles. The maximum Gasteiger partial charge on any atom is 0.161 e. The fraction of sp³-hybridized carbons (Fsp3) is 0.667. The molecule has 120 valence electrons. The van der Waals surface area contributed by atoms with E-state index in [4.69, 9.17) is 9.47 Å². The average molecular weight is 293 g/mol. The van der Waals surface area contributed by atoms with E-state index in [1.807, 2.05) is 0 Å². The van der Waals surface area contributed by atoms with Crippen molar-refractivity contribution in [2.75, 3.05) is 27.3 Å². The summed E-state index contributed by atoms with van der Waals surface area (Å²) in [5.74, 6) is 2.30. The van der Waals surface area contributed by atoms with Crippen LogP contribution in [0.1, 0.15) is 45.2 Å². The molecule has 1 aromatic rings. The van der Waals surface area contributed by atoms with Crippen LogP contribution in [-0.2, 0) is 5.41 Å². The van der Waals surface area contributed by atoms with Crippen molar-refractivity contribution in [3.8, 4) is 11.5 Å². The van der Waals surface area contributed by atoms with Gasteiger partial charge in [-0.15, -0.1) is 0 Å². The van der Waals surface area contributed by atoms with Crippen molar-refractivity contribution in [2.45, 2.75) is 46.5 Å². The zero-order valence-electron chi connectivity index (χ0n) is 14.7. The summed E-state index contributed by atoms with van der Waals surface area (Å²) in [5.41, 5.74) is 2.68. The minimum absolute atomic E-state index is 0.105. The predicted molar refractivity (Wildman–Crippen MR) is 89.6 cm³/mol. The van der Waals surface area contributed by atoms with Gasteiger partial charge >= 0.3 is 0 Å². The maximum atomic E-state index is 5.44. The zero-order valence-corrected chi connectivity index (χ0v) is 14.7. The normalized spacial score (nSPS) is 11.8. The molecular formula is C18H31NO2. The summed E-state index contributed by atoms with van der Waals surface area (Å²) in [6.07, 6.45) is 1.09. The molecule has 0 amide bonds. The van der Waals surface area contributed by atoms with Crippen molar-refractivity contribution in [2.24, 2.45) is 5.92 Å². The Balaban J connectivity index is 2.86. The Bertz CT molecular complexity index is 453. The third-order valence-electron chi connectivity index (χ3n) is 3.94. The summed E-state index contributed by atoms with van der Waals surface area (Å²) in [4.78, 5) is 0. The third-order valence-corrected chi connectivity index (χ3v) is 3.94. The number of hydrogen-bond donors (Lipinski definition) is 1. The lowest BCUT2D eigenvalue weighted by Gasteiger charge is -2.28. The number of rotatable bonds is 8. The summed E-state index contributed by atoms with van der Waals surface area (Å²) < 4.78 is 10.8. The van der Waals surface area contributed by atoms with Gasteiger partial charge in [0.15, 0.2) is 11.5 Å². The van der Waals surface area contributed by atoms with E-state index in [-0.39, 0.29) is 5.41 Å². The lowest BCUT2D eigenvalue weighted by atomic mass is 9.79. The van der Waals surface area contributed by atoms with Crippen LogP contribution in [0.15, 0.2) is 12.1 Å². The van der Waals surface area contributed by atoms with Crippen molar-refractivity contribution >= 4 is 0 Å². The highest BCUT2D eigenvalue weighted by atomic mass is 16.5. The second kappa shape index (κ2) is 7.69. The Morgan fingerprint density at radius 2 is 1.67 bits per heavy atom. The van der Waals surface area contributed by atoms with Gasteiger partial charge in [0.05, 0.1) is 14.2 Å². The molecule has 3 nitrogen and oxygen atoms in total. The van der Waals surface area contributed by atoms with Crippen LogP contribution in [0.25, 0.3) is 0 Å². The van der Waals surface area contributed by atoms with E-state index in [9.17, 15) is 0 Å². The molecular weight excluding hydrogens is 262 g/mol. The third kappa shape index (κ3) is 4.92. The molecule has 1 N–H and O–H groups in total. The fourth-order valence-electron chi connectivity index (χ4n) is 2.64. The van der Waals surface area contributed by atoms with Gasteiger partial charge in [-0.3, -0.25) is 0 Å². The Labute approximate surface area is 130 Å². The summed E-state index contributed by atoms with van der Waals surface area (Å²) >= 11 is 0. The summed E-state index contributed by atoms with van der Waals surface area (Å²) in [6, 6.07) is 4.19. The van der Waals surface area contributed by atoms with Crippen LogP contribution in [0.5, 0.6) is 11.5 Å². The number of hydrogen-bond acceptors (Lipinski definition) is 3. The molecule has 0 aliphatic rings. The Kier molecular flexibility index (Phi) is 6.53. The van der Waals surface area contributed by atoms with Crippen LogP contribution in [0.4, 0.5) is 0 Å². The largest absolute Gasteiger partial charge is 0.493 e. The highest BCUT2D eigenvalue weighted by Crippen LogP contribution is 2.37. The Morgan fingerprint density at radius 3 is 2.19 bits per heavy atom. The van der Waals surface area contributed by atoms with Crippen LogP contribution < -0.4 is 14.8 Å². The minimum atomic E-state index is 0.105. The minimum Gasteiger partial charge on any atom is -0.493 e. The van der Waals surface area contributed by atoms with Crippen molar-refractivity contribution in [3.05, 3.63) is 23.3 Å². The van der Waals surface area contributed by atoms with E-state index in [1.54, 1.807) is 14.2 Å². The summed E-state index contributed by atoms with van der Waals surface area (Å²) in [5, 5.41) is 3.53. The smallest absolute Gasteiger partial charge is 0.161 e. The molecule has 0 fully saturated rings. The number of benzene rings is 1. The predicted octanol–water partition coefficient (Wildman–Crippen LogP) is 3.93. The lowest BCUT2D eigenvalue weighted by Crippen LogP contribution is -2.28. The molecule has 0 heterocycles. The molecule has 0 radical (unpaired) electrons. The van der Waals surface area contributed by atoms with Gasteiger partial charge in [-0.05, 0) is 61.0 Å². The highest BCUT2D eigenvalue weighted by Gasteiger charge is 2.24. The van der Waals surface area contributed by atoms with Crippen LogP contribution >= 0.6 is 0 Å². The summed E-state index contributed by atoms with van der Waals surface area (Å²) in [7, 11) is 3.37. The molecule has 3 heteroatoms. The standard InChI is InChI=1S/C18H31NO2/c1-13(2)12-19-9-8-18(4,5)15-11-17(21-7)16(20-6)10-14(15)3/h10-11,13,19H,8-9,12H2,1-7H3. The first kappa shape index (κ1) is 17.8. The van der Waals surface area contributed by atoms with Gasteiger partial charge in [-0.2, -0.15) is 0 Å². The SMILES string of the molecule is COc1cc(C)c(C(C)(C)CCNCC(C)C)cc1OC. The second-order valence-corrected chi connectivity index (χ2v) is 6.75. The monoisotopic (exact) mass is 293 g/mol. The van der Waals surface area contributed by atoms with Crippen LogP contribution in [0.3, 0.4) is 0 Å². The topological polar surface area (TPSA) is 30.5 Å². The number of nitrogens with one attached hydrogen (secondary N) is 1. The van der Waals surface area contributed by atoms with E-state index < -0.39 is 0 Å². The number of ether oxygens (including phenoxy) is 2. The molecule has 0 saturated heterocycles. The van der Waals surface area contributed by atoms with Crippen LogP contribution in [-0.4, -0.2) is 27.3 Å². The van der Waals surface area contributed by atoms with Gasteiger partial charge in [-0.1, -0.05) is 27.7 Å². The molecule has 0 aromatic heterocycles. The van der Waals surface area contributed by atoms with Crippen LogP contribution in [0, 0.1) is 12.8 Å². The van der Waals surface area contributed by atoms with Gasteiger partial charge in [0, 0.05) is 0 Å². The van der Waals surface area contributed by atoms with Crippen LogP contribution in [0.2, 0.25) is 0 Å². The zero-order chi connectivity index (χ0) is 16.0. The van der Waals surface area contributed by atoms with E-state index >= 15 is 0 Å². The fourth-order valence-corrected chi connectivity index (χ4v) is 2.64. The Hall–Kier alpha value is -1.22. The second-order valence-electron chi connectivity index (χ2n) is 6.75. The van der Waals surface area contributed by atoms with Gasteiger partial charge in [-0.25, -0.2) is 0 Å². The summed E-state index contributed by atoms with van der Waals surface area (Å²) in [6.45, 7) is 13.3. The lowest BCUT2D eigenvalue weighted by molar-refractivity contribution is 0.352. The van der Waals surface area contributed by atoms with Gasteiger partial charge < -0.3 is 14.8 Å². The average Bonchev–Trinajstić information content (AvgIpc) is 2.42. The van der Waals surface area contributed by atoms with Crippen molar-refractivity contribution < 1.29 is 9.47 Å². The molecule has 0 saturated carbocycles. The molecule has 21 heavy (non-hydrogen) atoms. The first-order chi connectivity index (χ1) is 9.81. The quantitative estimate of drug-likeness (QED) is 0.737. The molecule has 1 aromatic carbocycles. The molecule has 0 unspecified atom stereocenters. The van der Waals surface area contributed by atoms with Crippen molar-refractivity contribution in [1.82, 2.24) is 5.32 Å². The van der Waals surface area contributed by atoms with E-state index in [0.29, 0.717) is 5.92 Å².